The Kier molecular flexibility index (Phi) is 5.60. The Labute approximate surface area is 115 Å². The monoisotopic (exact) mass is 264 g/mol. The molecular formula is C14H24N4O. The molecule has 19 heavy (non-hydrogen) atoms. The number of guanidine groups is 1. The van der Waals surface area contributed by atoms with E-state index in [2.05, 4.69) is 48.3 Å². The molecule has 0 aliphatic carbocycles. The van der Waals surface area contributed by atoms with Crippen molar-refractivity contribution in [3.05, 3.63) is 23.9 Å². The van der Waals surface area contributed by atoms with Crippen LogP contribution in [0.5, 0.6) is 5.88 Å². The average molecular weight is 264 g/mol. The van der Waals surface area contributed by atoms with E-state index in [9.17, 15) is 0 Å². The number of pyridine rings is 1. The van der Waals surface area contributed by atoms with Crippen molar-refractivity contribution in [3.63, 3.8) is 0 Å². The molecule has 2 N–H and O–H groups in total. The molecule has 0 spiro atoms. The van der Waals surface area contributed by atoms with Gasteiger partial charge in [-0.2, -0.15) is 0 Å². The second-order valence-electron chi connectivity index (χ2n) is 5.28. The Morgan fingerprint density at radius 3 is 2.58 bits per heavy atom. The van der Waals surface area contributed by atoms with Gasteiger partial charge in [-0.25, -0.2) is 9.98 Å². The third kappa shape index (κ3) is 6.08. The van der Waals surface area contributed by atoms with Crippen LogP contribution in [0.4, 0.5) is 0 Å². The van der Waals surface area contributed by atoms with Crippen molar-refractivity contribution in [2.24, 2.45) is 4.99 Å². The lowest BCUT2D eigenvalue weighted by molar-refractivity contribution is 0.397. The van der Waals surface area contributed by atoms with E-state index in [0.29, 0.717) is 12.4 Å². The topological polar surface area (TPSA) is 58.5 Å². The second kappa shape index (κ2) is 6.97. The summed E-state index contributed by atoms with van der Waals surface area (Å²) >= 11 is 0. The molecule has 0 atom stereocenters. The quantitative estimate of drug-likeness (QED) is 0.644. The third-order valence-corrected chi connectivity index (χ3v) is 2.26. The summed E-state index contributed by atoms with van der Waals surface area (Å²) in [5.41, 5.74) is 1.03. The molecule has 0 amide bonds. The zero-order valence-electron chi connectivity index (χ0n) is 12.4. The van der Waals surface area contributed by atoms with Gasteiger partial charge in [0.15, 0.2) is 5.96 Å². The number of methoxy groups -OCH3 is 1. The Bertz CT molecular complexity index is 406. The maximum absolute atomic E-state index is 5.03. The minimum absolute atomic E-state index is 0.0147. The molecule has 0 radical (unpaired) electrons. The van der Waals surface area contributed by atoms with E-state index in [-0.39, 0.29) is 5.54 Å². The largest absolute Gasteiger partial charge is 0.481 e. The van der Waals surface area contributed by atoms with Gasteiger partial charge in [-0.3, -0.25) is 0 Å². The van der Waals surface area contributed by atoms with Crippen molar-refractivity contribution in [1.82, 2.24) is 15.6 Å². The zero-order chi connectivity index (χ0) is 14.3. The van der Waals surface area contributed by atoms with Crippen LogP contribution in [0.3, 0.4) is 0 Å². The molecule has 0 aromatic carbocycles. The van der Waals surface area contributed by atoms with Crippen molar-refractivity contribution < 1.29 is 4.74 Å². The number of nitrogens with one attached hydrogen (secondary N) is 2. The molecule has 106 valence electrons. The number of aliphatic imine (C=N–C) groups is 1. The Morgan fingerprint density at radius 2 is 2.11 bits per heavy atom. The van der Waals surface area contributed by atoms with Gasteiger partial charge >= 0.3 is 0 Å². The number of nitrogens with zero attached hydrogens (tertiary/aromatic N) is 2. The van der Waals surface area contributed by atoms with Gasteiger partial charge < -0.3 is 15.4 Å². The molecule has 5 heteroatoms. The first-order valence-corrected chi connectivity index (χ1v) is 6.50. The van der Waals surface area contributed by atoms with E-state index in [1.807, 2.05) is 12.1 Å². The highest BCUT2D eigenvalue weighted by atomic mass is 16.5. The van der Waals surface area contributed by atoms with Crippen LogP contribution < -0.4 is 15.4 Å². The van der Waals surface area contributed by atoms with E-state index >= 15 is 0 Å². The zero-order valence-corrected chi connectivity index (χ0v) is 12.4. The standard InChI is InChI=1S/C14H24N4O/c1-6-15-13(18-14(2,3)4)17-10-11-7-8-12(19-5)16-9-11/h7-9H,6,10H2,1-5H3,(H2,15,17,18). The lowest BCUT2D eigenvalue weighted by Crippen LogP contribution is -2.47. The molecule has 1 heterocycles. The number of hydrogen-bond donors (Lipinski definition) is 2. The van der Waals surface area contributed by atoms with Gasteiger partial charge in [0, 0.05) is 24.3 Å². The summed E-state index contributed by atoms with van der Waals surface area (Å²) in [6.07, 6.45) is 1.78. The fraction of sp³-hybridized carbons (Fsp3) is 0.571. The van der Waals surface area contributed by atoms with Crippen LogP contribution in [0.25, 0.3) is 0 Å². The van der Waals surface area contributed by atoms with Gasteiger partial charge in [0.25, 0.3) is 0 Å². The van der Waals surface area contributed by atoms with E-state index in [0.717, 1.165) is 18.1 Å². The summed E-state index contributed by atoms with van der Waals surface area (Å²) in [5.74, 6) is 1.43. The lowest BCUT2D eigenvalue weighted by Gasteiger charge is -2.23. The summed E-state index contributed by atoms with van der Waals surface area (Å²) in [6.45, 7) is 9.79. The molecule has 0 saturated heterocycles. The molecule has 0 aliphatic heterocycles. The average Bonchev–Trinajstić information content (AvgIpc) is 2.35. The van der Waals surface area contributed by atoms with Crippen LogP contribution in [-0.4, -0.2) is 30.1 Å². The van der Waals surface area contributed by atoms with Gasteiger partial charge in [-0.05, 0) is 33.3 Å². The molecule has 0 aliphatic rings. The summed E-state index contributed by atoms with van der Waals surface area (Å²) in [4.78, 5) is 8.70. The second-order valence-corrected chi connectivity index (χ2v) is 5.28. The first-order valence-electron chi connectivity index (χ1n) is 6.50. The van der Waals surface area contributed by atoms with Gasteiger partial charge in [-0.1, -0.05) is 6.07 Å². The lowest BCUT2D eigenvalue weighted by atomic mass is 10.1. The number of ether oxygens (including phenoxy) is 1. The fourth-order valence-corrected chi connectivity index (χ4v) is 1.46. The van der Waals surface area contributed by atoms with E-state index < -0.39 is 0 Å². The molecule has 0 unspecified atom stereocenters. The van der Waals surface area contributed by atoms with Crippen LogP contribution in [0.2, 0.25) is 0 Å². The molecule has 0 bridgehead atoms. The van der Waals surface area contributed by atoms with Crippen molar-refractivity contribution in [2.75, 3.05) is 13.7 Å². The summed E-state index contributed by atoms with van der Waals surface area (Å²) in [5, 5.41) is 6.57. The summed E-state index contributed by atoms with van der Waals surface area (Å²) in [7, 11) is 1.61. The van der Waals surface area contributed by atoms with Crippen LogP contribution in [0.15, 0.2) is 23.3 Å². The van der Waals surface area contributed by atoms with Crippen molar-refractivity contribution >= 4 is 5.96 Å². The first-order chi connectivity index (χ1) is 8.94. The fourth-order valence-electron chi connectivity index (χ4n) is 1.46. The number of rotatable bonds is 4. The van der Waals surface area contributed by atoms with Crippen molar-refractivity contribution in [3.8, 4) is 5.88 Å². The Hall–Kier alpha value is -1.78. The molecule has 0 saturated carbocycles. The highest BCUT2D eigenvalue weighted by Crippen LogP contribution is 2.07. The smallest absolute Gasteiger partial charge is 0.212 e. The van der Waals surface area contributed by atoms with E-state index in [1.165, 1.54) is 0 Å². The summed E-state index contributed by atoms with van der Waals surface area (Å²) in [6, 6.07) is 3.81. The van der Waals surface area contributed by atoms with Crippen LogP contribution >= 0.6 is 0 Å². The van der Waals surface area contributed by atoms with Gasteiger partial charge in [-0.15, -0.1) is 0 Å². The van der Waals surface area contributed by atoms with Crippen molar-refractivity contribution in [2.45, 2.75) is 39.8 Å². The van der Waals surface area contributed by atoms with Crippen LogP contribution in [-0.2, 0) is 6.54 Å². The molecule has 1 aromatic heterocycles. The van der Waals surface area contributed by atoms with Gasteiger partial charge in [0.1, 0.15) is 0 Å². The van der Waals surface area contributed by atoms with Crippen molar-refractivity contribution in [1.29, 1.82) is 0 Å². The third-order valence-electron chi connectivity index (χ3n) is 2.26. The Balaban J connectivity index is 2.68. The molecule has 0 fully saturated rings. The highest BCUT2D eigenvalue weighted by Gasteiger charge is 2.11. The number of hydrogen-bond acceptors (Lipinski definition) is 3. The summed E-state index contributed by atoms with van der Waals surface area (Å²) < 4.78 is 5.03. The first kappa shape index (κ1) is 15.3. The molecule has 5 nitrogen and oxygen atoms in total. The maximum atomic E-state index is 5.03. The highest BCUT2D eigenvalue weighted by molar-refractivity contribution is 5.80. The van der Waals surface area contributed by atoms with Crippen LogP contribution in [0, 0.1) is 0 Å². The van der Waals surface area contributed by atoms with Gasteiger partial charge in [0.05, 0.1) is 13.7 Å². The van der Waals surface area contributed by atoms with Crippen LogP contribution in [0.1, 0.15) is 33.3 Å². The molecule has 1 aromatic rings. The minimum atomic E-state index is -0.0147. The number of aromatic nitrogens is 1. The predicted octanol–water partition coefficient (Wildman–Crippen LogP) is 1.94. The molecular weight excluding hydrogens is 240 g/mol. The van der Waals surface area contributed by atoms with Gasteiger partial charge in [0.2, 0.25) is 5.88 Å². The predicted molar refractivity (Wildman–Crippen MR) is 78.5 cm³/mol. The van der Waals surface area contributed by atoms with E-state index in [4.69, 9.17) is 4.74 Å². The SMILES string of the molecule is CCNC(=NCc1ccc(OC)nc1)NC(C)(C)C. The Morgan fingerprint density at radius 1 is 1.37 bits per heavy atom. The maximum Gasteiger partial charge on any atom is 0.212 e. The van der Waals surface area contributed by atoms with E-state index in [1.54, 1.807) is 13.3 Å². The molecule has 1 rings (SSSR count). The minimum Gasteiger partial charge on any atom is -0.481 e. The normalized spacial score (nSPS) is 12.2.